The number of amides is 1. The molecule has 1 fully saturated rings. The summed E-state index contributed by atoms with van der Waals surface area (Å²) in [6.45, 7) is 0. The molecule has 0 unspecified atom stereocenters. The second kappa shape index (κ2) is 5.84. The third-order valence-corrected chi connectivity index (χ3v) is 3.54. The Hall–Kier alpha value is -1.88. The van der Waals surface area contributed by atoms with Gasteiger partial charge in [-0.05, 0) is 49.9 Å². The van der Waals surface area contributed by atoms with Crippen LogP contribution in [0.4, 0.5) is 5.69 Å². The molecule has 0 radical (unpaired) electrons. The Bertz CT molecular complexity index is 462. The fourth-order valence-corrected chi connectivity index (χ4v) is 2.32. The maximum atomic E-state index is 12.0. The number of carboxylic acids is 1. The molecule has 0 spiro atoms. The number of carbonyl (C=O) groups is 2. The average Bonchev–Trinajstić information content (AvgIpc) is 2.40. The van der Waals surface area contributed by atoms with Gasteiger partial charge in [-0.2, -0.15) is 0 Å². The molecule has 1 aliphatic rings. The Kier molecular flexibility index (Phi) is 4.16. The van der Waals surface area contributed by atoms with Crippen molar-refractivity contribution in [3.05, 3.63) is 29.8 Å². The van der Waals surface area contributed by atoms with Crippen LogP contribution < -0.4 is 11.1 Å². The van der Waals surface area contributed by atoms with Gasteiger partial charge in [0.2, 0.25) is 5.91 Å². The van der Waals surface area contributed by atoms with Crippen molar-refractivity contribution in [2.75, 3.05) is 5.32 Å². The second-order valence-electron chi connectivity index (χ2n) is 4.98. The summed E-state index contributed by atoms with van der Waals surface area (Å²) in [6, 6.07) is 6.40. The van der Waals surface area contributed by atoms with Crippen LogP contribution in [0, 0.1) is 5.92 Å². The molecule has 19 heavy (non-hydrogen) atoms. The SMILES string of the molecule is NC1CCC(C(=O)Nc2ccc(C(=O)O)cc2)CC1. The normalized spacial score (nSPS) is 22.8. The van der Waals surface area contributed by atoms with Crippen LogP contribution in [0.1, 0.15) is 36.0 Å². The van der Waals surface area contributed by atoms with Crippen molar-refractivity contribution in [1.29, 1.82) is 0 Å². The van der Waals surface area contributed by atoms with Crippen molar-refractivity contribution >= 4 is 17.6 Å². The van der Waals surface area contributed by atoms with E-state index < -0.39 is 5.97 Å². The Labute approximate surface area is 111 Å². The molecule has 0 aliphatic heterocycles. The fraction of sp³-hybridized carbons (Fsp3) is 0.429. The summed E-state index contributed by atoms with van der Waals surface area (Å²) in [6.07, 6.45) is 3.41. The molecule has 1 amide bonds. The zero-order chi connectivity index (χ0) is 13.8. The van der Waals surface area contributed by atoms with Crippen molar-refractivity contribution in [2.24, 2.45) is 11.7 Å². The van der Waals surface area contributed by atoms with Gasteiger partial charge in [0, 0.05) is 17.6 Å². The number of nitrogens with one attached hydrogen (secondary N) is 1. The number of nitrogens with two attached hydrogens (primary N) is 1. The molecule has 1 aromatic carbocycles. The third kappa shape index (κ3) is 3.54. The number of benzene rings is 1. The summed E-state index contributed by atoms with van der Waals surface area (Å²) in [5.41, 5.74) is 6.65. The molecule has 0 aromatic heterocycles. The van der Waals surface area contributed by atoms with E-state index in [1.165, 1.54) is 12.1 Å². The average molecular weight is 262 g/mol. The molecule has 2 rings (SSSR count). The number of hydrogen-bond donors (Lipinski definition) is 3. The molecule has 5 heteroatoms. The lowest BCUT2D eigenvalue weighted by atomic mass is 9.86. The number of rotatable bonds is 3. The molecule has 102 valence electrons. The Morgan fingerprint density at radius 2 is 1.68 bits per heavy atom. The van der Waals surface area contributed by atoms with Gasteiger partial charge in [0.15, 0.2) is 0 Å². The van der Waals surface area contributed by atoms with Gasteiger partial charge in [0.1, 0.15) is 0 Å². The predicted molar refractivity (Wildman–Crippen MR) is 72.0 cm³/mol. The van der Waals surface area contributed by atoms with E-state index in [-0.39, 0.29) is 23.4 Å². The Balaban J connectivity index is 1.93. The van der Waals surface area contributed by atoms with Crippen LogP contribution in [0.2, 0.25) is 0 Å². The first-order chi connectivity index (χ1) is 9.06. The van der Waals surface area contributed by atoms with Gasteiger partial charge in [-0.1, -0.05) is 0 Å². The van der Waals surface area contributed by atoms with Crippen molar-refractivity contribution in [1.82, 2.24) is 0 Å². The van der Waals surface area contributed by atoms with E-state index in [1.807, 2.05) is 0 Å². The van der Waals surface area contributed by atoms with Gasteiger partial charge < -0.3 is 16.2 Å². The van der Waals surface area contributed by atoms with E-state index in [0.717, 1.165) is 25.7 Å². The number of carbonyl (C=O) groups excluding carboxylic acids is 1. The quantitative estimate of drug-likeness (QED) is 0.775. The molecular formula is C14H18N2O3. The molecular weight excluding hydrogens is 244 g/mol. The van der Waals surface area contributed by atoms with Crippen LogP contribution in [0.25, 0.3) is 0 Å². The van der Waals surface area contributed by atoms with E-state index in [4.69, 9.17) is 10.8 Å². The van der Waals surface area contributed by atoms with Gasteiger partial charge >= 0.3 is 5.97 Å². The van der Waals surface area contributed by atoms with Crippen LogP contribution in [0.3, 0.4) is 0 Å². The smallest absolute Gasteiger partial charge is 0.335 e. The third-order valence-electron chi connectivity index (χ3n) is 3.54. The largest absolute Gasteiger partial charge is 0.478 e. The van der Waals surface area contributed by atoms with Gasteiger partial charge in [0.25, 0.3) is 0 Å². The molecule has 0 atom stereocenters. The topological polar surface area (TPSA) is 92.4 Å². The van der Waals surface area contributed by atoms with E-state index in [9.17, 15) is 9.59 Å². The molecule has 1 saturated carbocycles. The molecule has 5 nitrogen and oxygen atoms in total. The van der Waals surface area contributed by atoms with Gasteiger partial charge in [0.05, 0.1) is 5.56 Å². The van der Waals surface area contributed by atoms with Crippen molar-refractivity contribution in [3.8, 4) is 0 Å². The summed E-state index contributed by atoms with van der Waals surface area (Å²) < 4.78 is 0. The lowest BCUT2D eigenvalue weighted by molar-refractivity contribution is -0.120. The number of aromatic carboxylic acids is 1. The minimum absolute atomic E-state index is 0.00465. The zero-order valence-corrected chi connectivity index (χ0v) is 10.6. The van der Waals surface area contributed by atoms with Crippen LogP contribution >= 0.6 is 0 Å². The summed E-state index contributed by atoms with van der Waals surface area (Å²) in [4.78, 5) is 22.7. The first-order valence-corrected chi connectivity index (χ1v) is 6.46. The first kappa shape index (κ1) is 13.5. The first-order valence-electron chi connectivity index (χ1n) is 6.46. The maximum Gasteiger partial charge on any atom is 0.335 e. The lowest BCUT2D eigenvalue weighted by Gasteiger charge is -2.25. The molecule has 1 aromatic rings. The number of anilines is 1. The standard InChI is InChI=1S/C14H18N2O3/c15-11-5-1-9(2-6-11)13(17)16-12-7-3-10(4-8-12)14(18)19/h3-4,7-9,11H,1-2,5-6,15H2,(H,16,17)(H,18,19). The second-order valence-corrected chi connectivity index (χ2v) is 4.98. The van der Waals surface area contributed by atoms with Crippen molar-refractivity contribution < 1.29 is 14.7 Å². The van der Waals surface area contributed by atoms with Crippen molar-refractivity contribution in [2.45, 2.75) is 31.7 Å². The molecule has 0 heterocycles. The van der Waals surface area contributed by atoms with Gasteiger partial charge in [-0.3, -0.25) is 4.79 Å². The van der Waals surface area contributed by atoms with E-state index >= 15 is 0 Å². The Morgan fingerprint density at radius 3 is 2.21 bits per heavy atom. The summed E-state index contributed by atoms with van der Waals surface area (Å²) in [7, 11) is 0. The van der Waals surface area contributed by atoms with E-state index in [0.29, 0.717) is 5.69 Å². The maximum absolute atomic E-state index is 12.0. The predicted octanol–water partition coefficient (Wildman–Crippen LogP) is 1.84. The van der Waals surface area contributed by atoms with Crippen LogP contribution in [-0.2, 0) is 4.79 Å². The highest BCUT2D eigenvalue weighted by molar-refractivity contribution is 5.93. The Morgan fingerprint density at radius 1 is 1.11 bits per heavy atom. The van der Waals surface area contributed by atoms with Crippen LogP contribution in [0.15, 0.2) is 24.3 Å². The molecule has 4 N–H and O–H groups in total. The lowest BCUT2D eigenvalue weighted by Crippen LogP contribution is -2.32. The molecule has 0 bridgehead atoms. The highest BCUT2D eigenvalue weighted by Gasteiger charge is 2.24. The molecule has 0 saturated heterocycles. The minimum Gasteiger partial charge on any atom is -0.478 e. The number of carboxylic acid groups (broad SMARTS) is 1. The van der Waals surface area contributed by atoms with E-state index in [1.54, 1.807) is 12.1 Å². The highest BCUT2D eigenvalue weighted by Crippen LogP contribution is 2.24. The monoisotopic (exact) mass is 262 g/mol. The summed E-state index contributed by atoms with van der Waals surface area (Å²) in [5.74, 6) is -0.965. The minimum atomic E-state index is -0.973. The zero-order valence-electron chi connectivity index (χ0n) is 10.6. The van der Waals surface area contributed by atoms with Crippen LogP contribution in [-0.4, -0.2) is 23.0 Å². The fourth-order valence-electron chi connectivity index (χ4n) is 2.32. The summed E-state index contributed by atoms with van der Waals surface area (Å²) in [5, 5.41) is 11.6. The van der Waals surface area contributed by atoms with Gasteiger partial charge in [-0.15, -0.1) is 0 Å². The number of hydrogen-bond acceptors (Lipinski definition) is 3. The highest BCUT2D eigenvalue weighted by atomic mass is 16.4. The van der Waals surface area contributed by atoms with Crippen molar-refractivity contribution in [3.63, 3.8) is 0 Å². The molecule has 1 aliphatic carbocycles. The van der Waals surface area contributed by atoms with Crippen LogP contribution in [0.5, 0.6) is 0 Å². The van der Waals surface area contributed by atoms with E-state index in [2.05, 4.69) is 5.32 Å². The summed E-state index contributed by atoms with van der Waals surface area (Å²) >= 11 is 0. The van der Waals surface area contributed by atoms with Gasteiger partial charge in [-0.25, -0.2) is 4.79 Å².